The summed E-state index contributed by atoms with van der Waals surface area (Å²) < 4.78 is 0. The summed E-state index contributed by atoms with van der Waals surface area (Å²) in [6.07, 6.45) is 2.47. The molecule has 0 bridgehead atoms. The Morgan fingerprint density at radius 2 is 2.06 bits per heavy atom. The topological polar surface area (TPSA) is 89.4 Å². The van der Waals surface area contributed by atoms with Crippen LogP contribution in [0, 0.1) is 0 Å². The van der Waals surface area contributed by atoms with Crippen LogP contribution in [0.1, 0.15) is 29.6 Å². The molecule has 1 unspecified atom stereocenters. The van der Waals surface area contributed by atoms with E-state index in [1.807, 2.05) is 0 Å². The second-order valence-electron chi connectivity index (χ2n) is 4.54. The second-order valence-corrected chi connectivity index (χ2v) is 4.54. The van der Waals surface area contributed by atoms with E-state index in [4.69, 9.17) is 11.5 Å². The van der Waals surface area contributed by atoms with Crippen molar-refractivity contribution in [3.63, 3.8) is 0 Å². The molecule has 0 aromatic heterocycles. The van der Waals surface area contributed by atoms with Gasteiger partial charge in [0.2, 0.25) is 5.91 Å². The molecule has 18 heavy (non-hydrogen) atoms. The lowest BCUT2D eigenvalue weighted by Gasteiger charge is -2.33. The number of nitrogens with zero attached hydrogens (tertiary/aromatic N) is 1. The van der Waals surface area contributed by atoms with E-state index in [-0.39, 0.29) is 5.91 Å². The maximum atomic E-state index is 12.3. The summed E-state index contributed by atoms with van der Waals surface area (Å²) in [5, 5.41) is 0. The fourth-order valence-electron chi connectivity index (χ4n) is 2.31. The summed E-state index contributed by atoms with van der Waals surface area (Å²) in [6.45, 7) is 0.571. The van der Waals surface area contributed by atoms with Gasteiger partial charge in [0.25, 0.3) is 5.91 Å². The number of likely N-dealkylation sites (tertiary alicyclic amines) is 1. The molecule has 1 aliphatic heterocycles. The van der Waals surface area contributed by atoms with Crippen molar-refractivity contribution < 1.29 is 9.59 Å². The number of rotatable bonds is 2. The smallest absolute Gasteiger partial charge is 0.254 e. The molecular formula is C13H17N3O2. The highest BCUT2D eigenvalue weighted by Gasteiger charge is 2.31. The van der Waals surface area contributed by atoms with Crippen molar-refractivity contribution in [2.75, 3.05) is 12.3 Å². The minimum absolute atomic E-state index is 0.175. The number of carbonyl (C=O) groups is 2. The number of piperidine rings is 1. The van der Waals surface area contributed by atoms with Crippen LogP contribution in [-0.4, -0.2) is 29.3 Å². The number of anilines is 1. The van der Waals surface area contributed by atoms with Gasteiger partial charge in [-0.3, -0.25) is 9.59 Å². The molecular weight excluding hydrogens is 230 g/mol. The zero-order chi connectivity index (χ0) is 13.1. The largest absolute Gasteiger partial charge is 0.399 e. The van der Waals surface area contributed by atoms with Gasteiger partial charge in [0.1, 0.15) is 6.04 Å². The van der Waals surface area contributed by atoms with Crippen molar-refractivity contribution in [3.8, 4) is 0 Å². The molecule has 0 aliphatic carbocycles. The SMILES string of the molecule is NC(=O)C1CCCCN1C(=O)c1cccc(N)c1. The number of hydrogen-bond acceptors (Lipinski definition) is 3. The summed E-state index contributed by atoms with van der Waals surface area (Å²) in [6, 6.07) is 6.28. The standard InChI is InChI=1S/C13H17N3O2/c14-10-5-3-4-9(8-10)13(18)16-7-2-1-6-11(16)12(15)17/h3-5,8,11H,1-2,6-7,14H2,(H2,15,17). The molecule has 1 atom stereocenters. The average Bonchev–Trinajstić information content (AvgIpc) is 2.38. The first-order valence-corrected chi connectivity index (χ1v) is 6.05. The van der Waals surface area contributed by atoms with Gasteiger partial charge < -0.3 is 16.4 Å². The van der Waals surface area contributed by atoms with Gasteiger partial charge in [-0.1, -0.05) is 6.07 Å². The van der Waals surface area contributed by atoms with E-state index in [9.17, 15) is 9.59 Å². The number of benzene rings is 1. The predicted octanol–water partition coefficient (Wildman–Crippen LogP) is 0.749. The Morgan fingerprint density at radius 1 is 1.28 bits per heavy atom. The van der Waals surface area contributed by atoms with Crippen molar-refractivity contribution in [3.05, 3.63) is 29.8 Å². The van der Waals surface area contributed by atoms with Crippen LogP contribution in [-0.2, 0) is 4.79 Å². The van der Waals surface area contributed by atoms with Crippen LogP contribution < -0.4 is 11.5 Å². The molecule has 1 heterocycles. The quantitative estimate of drug-likeness (QED) is 0.756. The Bertz CT molecular complexity index is 473. The molecule has 0 saturated carbocycles. The highest BCUT2D eigenvalue weighted by molar-refractivity contribution is 5.98. The van der Waals surface area contributed by atoms with Crippen LogP contribution in [0.15, 0.2) is 24.3 Å². The van der Waals surface area contributed by atoms with Crippen molar-refractivity contribution in [2.24, 2.45) is 5.73 Å². The average molecular weight is 247 g/mol. The molecule has 5 nitrogen and oxygen atoms in total. The minimum atomic E-state index is -0.493. The Morgan fingerprint density at radius 3 is 2.72 bits per heavy atom. The lowest BCUT2D eigenvalue weighted by Crippen LogP contribution is -2.50. The molecule has 4 N–H and O–H groups in total. The van der Waals surface area contributed by atoms with E-state index >= 15 is 0 Å². The van der Waals surface area contributed by atoms with E-state index in [1.165, 1.54) is 0 Å². The Kier molecular flexibility index (Phi) is 3.50. The van der Waals surface area contributed by atoms with Crippen molar-refractivity contribution in [2.45, 2.75) is 25.3 Å². The van der Waals surface area contributed by atoms with Gasteiger partial charge in [-0.25, -0.2) is 0 Å². The van der Waals surface area contributed by atoms with Crippen LogP contribution >= 0.6 is 0 Å². The number of amides is 2. The second kappa shape index (κ2) is 5.08. The van der Waals surface area contributed by atoms with E-state index in [0.717, 1.165) is 12.8 Å². The molecule has 2 rings (SSSR count). The minimum Gasteiger partial charge on any atom is -0.399 e. The van der Waals surface area contributed by atoms with Crippen LogP contribution in [0.2, 0.25) is 0 Å². The highest BCUT2D eigenvalue weighted by Crippen LogP contribution is 2.20. The van der Waals surface area contributed by atoms with Crippen molar-refractivity contribution in [1.29, 1.82) is 0 Å². The summed E-state index contributed by atoms with van der Waals surface area (Å²) in [5.41, 5.74) is 12.0. The van der Waals surface area contributed by atoms with Gasteiger partial charge in [0.15, 0.2) is 0 Å². The molecule has 1 saturated heterocycles. The van der Waals surface area contributed by atoms with E-state index in [0.29, 0.717) is 24.2 Å². The van der Waals surface area contributed by atoms with Crippen LogP contribution in [0.4, 0.5) is 5.69 Å². The molecule has 2 amide bonds. The highest BCUT2D eigenvalue weighted by atomic mass is 16.2. The molecule has 0 radical (unpaired) electrons. The Labute approximate surface area is 106 Å². The maximum absolute atomic E-state index is 12.3. The zero-order valence-electron chi connectivity index (χ0n) is 10.1. The third kappa shape index (κ3) is 2.45. The van der Waals surface area contributed by atoms with Gasteiger partial charge in [-0.05, 0) is 37.5 Å². The number of nitrogens with two attached hydrogens (primary N) is 2. The number of carbonyl (C=O) groups excluding carboxylic acids is 2. The fourth-order valence-corrected chi connectivity index (χ4v) is 2.31. The summed E-state index contributed by atoms with van der Waals surface area (Å²) in [5.74, 6) is -0.613. The van der Waals surface area contributed by atoms with E-state index < -0.39 is 11.9 Å². The maximum Gasteiger partial charge on any atom is 0.254 e. The molecule has 1 aromatic carbocycles. The van der Waals surface area contributed by atoms with Gasteiger partial charge in [0, 0.05) is 17.8 Å². The van der Waals surface area contributed by atoms with Gasteiger partial charge >= 0.3 is 0 Å². The first-order chi connectivity index (χ1) is 8.59. The van der Waals surface area contributed by atoms with Crippen molar-refractivity contribution >= 4 is 17.5 Å². The first-order valence-electron chi connectivity index (χ1n) is 6.05. The molecule has 1 aliphatic rings. The monoisotopic (exact) mass is 247 g/mol. The van der Waals surface area contributed by atoms with Gasteiger partial charge in [-0.2, -0.15) is 0 Å². The van der Waals surface area contributed by atoms with Gasteiger partial charge in [0.05, 0.1) is 0 Å². The van der Waals surface area contributed by atoms with Crippen LogP contribution in [0.25, 0.3) is 0 Å². The molecule has 1 aromatic rings. The first kappa shape index (κ1) is 12.4. The van der Waals surface area contributed by atoms with Crippen LogP contribution in [0.3, 0.4) is 0 Å². The van der Waals surface area contributed by atoms with Crippen molar-refractivity contribution in [1.82, 2.24) is 4.90 Å². The summed E-state index contributed by atoms with van der Waals surface area (Å²) >= 11 is 0. The third-order valence-electron chi connectivity index (χ3n) is 3.23. The Balaban J connectivity index is 2.23. The lowest BCUT2D eigenvalue weighted by molar-refractivity contribution is -0.123. The molecule has 5 heteroatoms. The third-order valence-corrected chi connectivity index (χ3v) is 3.23. The van der Waals surface area contributed by atoms with Gasteiger partial charge in [-0.15, -0.1) is 0 Å². The normalized spacial score (nSPS) is 19.6. The molecule has 0 spiro atoms. The summed E-state index contributed by atoms with van der Waals surface area (Å²) in [7, 11) is 0. The predicted molar refractivity (Wildman–Crippen MR) is 68.7 cm³/mol. The number of primary amides is 1. The Hall–Kier alpha value is -2.04. The van der Waals surface area contributed by atoms with E-state index in [1.54, 1.807) is 29.2 Å². The molecule has 96 valence electrons. The van der Waals surface area contributed by atoms with Crippen LogP contribution in [0.5, 0.6) is 0 Å². The lowest BCUT2D eigenvalue weighted by atomic mass is 10.00. The summed E-state index contributed by atoms with van der Waals surface area (Å²) in [4.78, 5) is 25.3. The fraction of sp³-hybridized carbons (Fsp3) is 0.385. The van der Waals surface area contributed by atoms with E-state index in [2.05, 4.69) is 0 Å². The number of nitrogen functional groups attached to an aromatic ring is 1. The molecule has 1 fully saturated rings. The zero-order valence-corrected chi connectivity index (χ0v) is 10.1. The number of hydrogen-bond donors (Lipinski definition) is 2.